The van der Waals surface area contributed by atoms with Crippen LogP contribution < -0.4 is 5.73 Å². The summed E-state index contributed by atoms with van der Waals surface area (Å²) in [6.07, 6.45) is 4.93. The fourth-order valence-electron chi connectivity index (χ4n) is 2.12. The standard InChI is InChI=1S/C12H17N/c1-9-6-7-10-4-2-3-5-12(13)11(10)8-9/h6-8,12H,2-5,13H2,1H3/t12-/m1/s1. The van der Waals surface area contributed by atoms with Crippen molar-refractivity contribution in [2.75, 3.05) is 0 Å². The van der Waals surface area contributed by atoms with Crippen LogP contribution in [0.2, 0.25) is 0 Å². The van der Waals surface area contributed by atoms with Gasteiger partial charge in [0, 0.05) is 6.04 Å². The third-order valence-electron chi connectivity index (χ3n) is 2.91. The molecule has 0 radical (unpaired) electrons. The van der Waals surface area contributed by atoms with Gasteiger partial charge in [0.15, 0.2) is 0 Å². The Hall–Kier alpha value is -0.820. The van der Waals surface area contributed by atoms with Gasteiger partial charge in [-0.2, -0.15) is 0 Å². The van der Waals surface area contributed by atoms with Gasteiger partial charge in [0.05, 0.1) is 0 Å². The maximum Gasteiger partial charge on any atom is 0.0297 e. The Morgan fingerprint density at radius 2 is 2.15 bits per heavy atom. The molecule has 1 heteroatoms. The predicted octanol–water partition coefficient (Wildman–Crippen LogP) is 2.72. The molecular formula is C12H17N. The molecule has 1 nitrogen and oxygen atoms in total. The second-order valence-corrected chi connectivity index (χ2v) is 4.05. The summed E-state index contributed by atoms with van der Waals surface area (Å²) in [5, 5.41) is 0. The van der Waals surface area contributed by atoms with Crippen molar-refractivity contribution in [1.29, 1.82) is 0 Å². The normalized spacial score (nSPS) is 22.2. The van der Waals surface area contributed by atoms with Gasteiger partial charge in [-0.3, -0.25) is 0 Å². The van der Waals surface area contributed by atoms with E-state index in [4.69, 9.17) is 5.73 Å². The molecule has 0 fully saturated rings. The first-order valence-corrected chi connectivity index (χ1v) is 5.12. The number of fused-ring (bicyclic) bond motifs is 1. The first kappa shape index (κ1) is 8.76. The van der Waals surface area contributed by atoms with E-state index in [2.05, 4.69) is 25.1 Å². The number of hydrogen-bond donors (Lipinski definition) is 1. The summed E-state index contributed by atoms with van der Waals surface area (Å²) < 4.78 is 0. The van der Waals surface area contributed by atoms with Crippen LogP contribution in [0.1, 0.15) is 42.0 Å². The summed E-state index contributed by atoms with van der Waals surface area (Å²) >= 11 is 0. The summed E-state index contributed by atoms with van der Waals surface area (Å²) in [4.78, 5) is 0. The van der Waals surface area contributed by atoms with E-state index in [1.807, 2.05) is 0 Å². The molecular weight excluding hydrogens is 158 g/mol. The first-order valence-electron chi connectivity index (χ1n) is 5.12. The van der Waals surface area contributed by atoms with Gasteiger partial charge in [0.2, 0.25) is 0 Å². The van der Waals surface area contributed by atoms with Crippen molar-refractivity contribution in [2.24, 2.45) is 5.73 Å². The second-order valence-electron chi connectivity index (χ2n) is 4.05. The van der Waals surface area contributed by atoms with E-state index >= 15 is 0 Å². The summed E-state index contributed by atoms with van der Waals surface area (Å²) in [6, 6.07) is 6.97. The molecule has 13 heavy (non-hydrogen) atoms. The van der Waals surface area contributed by atoms with Crippen molar-refractivity contribution in [1.82, 2.24) is 0 Å². The number of benzene rings is 1. The molecule has 70 valence electrons. The highest BCUT2D eigenvalue weighted by Gasteiger charge is 2.14. The maximum atomic E-state index is 6.12. The monoisotopic (exact) mass is 175 g/mol. The van der Waals surface area contributed by atoms with Crippen molar-refractivity contribution in [2.45, 2.75) is 38.6 Å². The Bertz CT molecular complexity index is 304. The van der Waals surface area contributed by atoms with Crippen molar-refractivity contribution in [3.05, 3.63) is 34.9 Å². The SMILES string of the molecule is Cc1ccc2c(c1)[C@H](N)CCCC2. The van der Waals surface area contributed by atoms with Crippen LogP contribution in [0.5, 0.6) is 0 Å². The van der Waals surface area contributed by atoms with E-state index in [9.17, 15) is 0 Å². The van der Waals surface area contributed by atoms with Crippen molar-refractivity contribution >= 4 is 0 Å². The largest absolute Gasteiger partial charge is 0.324 e. The van der Waals surface area contributed by atoms with Crippen LogP contribution in [0.15, 0.2) is 18.2 Å². The number of nitrogens with two attached hydrogens (primary N) is 1. The van der Waals surface area contributed by atoms with Crippen molar-refractivity contribution in [3.8, 4) is 0 Å². The molecule has 0 amide bonds. The van der Waals surface area contributed by atoms with Gasteiger partial charge in [0.1, 0.15) is 0 Å². The van der Waals surface area contributed by atoms with Crippen LogP contribution >= 0.6 is 0 Å². The molecule has 0 heterocycles. The van der Waals surface area contributed by atoms with Crippen LogP contribution in [0, 0.1) is 6.92 Å². The highest BCUT2D eigenvalue weighted by atomic mass is 14.6. The Balaban J connectivity index is 2.43. The number of aryl methyl sites for hydroxylation is 2. The topological polar surface area (TPSA) is 26.0 Å². The van der Waals surface area contributed by atoms with E-state index in [-0.39, 0.29) is 6.04 Å². The Morgan fingerprint density at radius 1 is 1.31 bits per heavy atom. The van der Waals surface area contributed by atoms with Gasteiger partial charge >= 0.3 is 0 Å². The molecule has 1 aromatic rings. The highest BCUT2D eigenvalue weighted by molar-refractivity contribution is 5.34. The second kappa shape index (κ2) is 3.51. The lowest BCUT2D eigenvalue weighted by Gasteiger charge is -2.12. The minimum atomic E-state index is 0.275. The average molecular weight is 175 g/mol. The minimum Gasteiger partial charge on any atom is -0.324 e. The lowest BCUT2D eigenvalue weighted by molar-refractivity contribution is 0.615. The van der Waals surface area contributed by atoms with Gasteiger partial charge in [-0.1, -0.05) is 30.2 Å². The van der Waals surface area contributed by atoms with Crippen LogP contribution in [0.4, 0.5) is 0 Å². The Kier molecular flexibility index (Phi) is 2.36. The van der Waals surface area contributed by atoms with E-state index in [1.165, 1.54) is 36.0 Å². The van der Waals surface area contributed by atoms with Gasteiger partial charge in [-0.15, -0.1) is 0 Å². The van der Waals surface area contributed by atoms with Crippen LogP contribution in [0.25, 0.3) is 0 Å². The van der Waals surface area contributed by atoms with Crippen molar-refractivity contribution < 1.29 is 0 Å². The van der Waals surface area contributed by atoms with E-state index in [0.717, 1.165) is 6.42 Å². The molecule has 0 aromatic heterocycles. The van der Waals surface area contributed by atoms with Crippen LogP contribution in [0.3, 0.4) is 0 Å². The third-order valence-corrected chi connectivity index (χ3v) is 2.91. The molecule has 0 unspecified atom stereocenters. The molecule has 0 saturated heterocycles. The fourth-order valence-corrected chi connectivity index (χ4v) is 2.12. The summed E-state index contributed by atoms with van der Waals surface area (Å²) in [7, 11) is 0. The molecule has 0 saturated carbocycles. The van der Waals surface area contributed by atoms with Crippen molar-refractivity contribution in [3.63, 3.8) is 0 Å². The molecule has 1 aliphatic rings. The fraction of sp³-hybridized carbons (Fsp3) is 0.500. The first-order chi connectivity index (χ1) is 6.27. The van der Waals surface area contributed by atoms with Gasteiger partial charge in [-0.05, 0) is 37.3 Å². The molecule has 0 spiro atoms. The minimum absolute atomic E-state index is 0.275. The molecule has 1 atom stereocenters. The Labute approximate surface area is 80.0 Å². The smallest absolute Gasteiger partial charge is 0.0297 e. The molecule has 2 rings (SSSR count). The molecule has 1 aromatic carbocycles. The molecule has 0 aliphatic heterocycles. The third kappa shape index (κ3) is 1.75. The zero-order valence-corrected chi connectivity index (χ0v) is 8.22. The predicted molar refractivity (Wildman–Crippen MR) is 55.7 cm³/mol. The summed E-state index contributed by atoms with van der Waals surface area (Å²) in [5.41, 5.74) is 10.3. The zero-order chi connectivity index (χ0) is 9.26. The lowest BCUT2D eigenvalue weighted by atomic mass is 9.98. The zero-order valence-electron chi connectivity index (χ0n) is 8.22. The Morgan fingerprint density at radius 3 is 3.00 bits per heavy atom. The van der Waals surface area contributed by atoms with Gasteiger partial charge in [-0.25, -0.2) is 0 Å². The summed E-state index contributed by atoms with van der Waals surface area (Å²) in [5.74, 6) is 0. The summed E-state index contributed by atoms with van der Waals surface area (Å²) in [6.45, 7) is 2.14. The van der Waals surface area contributed by atoms with E-state index < -0.39 is 0 Å². The van der Waals surface area contributed by atoms with E-state index in [0.29, 0.717) is 0 Å². The number of hydrogen-bond acceptors (Lipinski definition) is 1. The molecule has 2 N–H and O–H groups in total. The van der Waals surface area contributed by atoms with Crippen LogP contribution in [-0.4, -0.2) is 0 Å². The molecule has 1 aliphatic carbocycles. The van der Waals surface area contributed by atoms with Gasteiger partial charge in [0.25, 0.3) is 0 Å². The van der Waals surface area contributed by atoms with Gasteiger partial charge < -0.3 is 5.73 Å². The average Bonchev–Trinajstić information content (AvgIpc) is 2.29. The maximum absolute atomic E-state index is 6.12. The van der Waals surface area contributed by atoms with Crippen LogP contribution in [-0.2, 0) is 6.42 Å². The lowest BCUT2D eigenvalue weighted by Crippen LogP contribution is -2.10. The highest BCUT2D eigenvalue weighted by Crippen LogP contribution is 2.27. The molecule has 0 bridgehead atoms. The number of rotatable bonds is 0. The van der Waals surface area contributed by atoms with E-state index in [1.54, 1.807) is 0 Å². The quantitative estimate of drug-likeness (QED) is 0.603.